The van der Waals surface area contributed by atoms with E-state index >= 15 is 8.78 Å². The van der Waals surface area contributed by atoms with E-state index in [1.165, 1.54) is 13.8 Å². The minimum atomic E-state index is -4.64. The molecule has 4 amide bonds. The summed E-state index contributed by atoms with van der Waals surface area (Å²) in [6.45, 7) is 14.3. The van der Waals surface area contributed by atoms with Gasteiger partial charge in [-0.15, -0.1) is 0 Å². The molecule has 0 saturated carbocycles. The second-order valence-corrected chi connectivity index (χ2v) is 15.6. The molecule has 0 saturated heterocycles. The molecule has 2 aromatic rings. The van der Waals surface area contributed by atoms with Crippen LogP contribution in [0.2, 0.25) is 0 Å². The third-order valence-corrected chi connectivity index (χ3v) is 8.48. The molecule has 0 spiro atoms. The van der Waals surface area contributed by atoms with Crippen LogP contribution in [0.25, 0.3) is 0 Å². The van der Waals surface area contributed by atoms with Crippen LogP contribution in [-0.4, -0.2) is 71.1 Å². The predicted molar refractivity (Wildman–Crippen MR) is 201 cm³/mol. The third-order valence-electron chi connectivity index (χ3n) is 8.48. The predicted octanol–water partition coefficient (Wildman–Crippen LogP) is 4.48. The summed E-state index contributed by atoms with van der Waals surface area (Å²) in [6.07, 6.45) is -1.32. The lowest BCUT2D eigenvalue weighted by Crippen LogP contribution is -2.65. The van der Waals surface area contributed by atoms with Crippen molar-refractivity contribution in [2.45, 2.75) is 117 Å². The molecule has 14 heteroatoms. The van der Waals surface area contributed by atoms with Gasteiger partial charge in [-0.2, -0.15) is 8.78 Å². The first-order valence-corrected chi connectivity index (χ1v) is 18.2. The minimum Gasteiger partial charge on any atom is -0.444 e. The van der Waals surface area contributed by atoms with E-state index in [1.54, 1.807) is 109 Å². The molecule has 0 aliphatic carbocycles. The number of ether oxygens (including phenoxy) is 1. The van der Waals surface area contributed by atoms with Crippen molar-refractivity contribution in [3.63, 3.8) is 0 Å². The van der Waals surface area contributed by atoms with Crippen LogP contribution in [-0.2, 0) is 41.7 Å². The van der Waals surface area contributed by atoms with Gasteiger partial charge in [0.05, 0.1) is 12.1 Å². The van der Waals surface area contributed by atoms with Crippen LogP contribution in [0.5, 0.6) is 0 Å². The van der Waals surface area contributed by atoms with Gasteiger partial charge in [0.2, 0.25) is 23.5 Å². The number of benzene rings is 2. The Bertz CT molecular complexity index is 1580. The molecule has 3 unspecified atom stereocenters. The first-order chi connectivity index (χ1) is 25.0. The summed E-state index contributed by atoms with van der Waals surface area (Å²) in [7, 11) is 0. The van der Waals surface area contributed by atoms with Gasteiger partial charge in [0.1, 0.15) is 17.6 Å². The number of halogens is 2. The number of nitrogens with one attached hydrogen (secondary N) is 4. The first-order valence-electron chi connectivity index (χ1n) is 18.2. The number of amides is 4. The molecule has 2 aromatic carbocycles. The van der Waals surface area contributed by atoms with Crippen molar-refractivity contribution >= 4 is 35.4 Å². The van der Waals surface area contributed by atoms with Crippen LogP contribution in [0.1, 0.15) is 79.9 Å². The van der Waals surface area contributed by atoms with Crippen LogP contribution >= 0.6 is 0 Å². The van der Waals surface area contributed by atoms with E-state index in [4.69, 9.17) is 10.5 Å². The smallest absolute Gasteiger partial charge is 0.408 e. The Morgan fingerprint density at radius 3 is 1.72 bits per heavy atom. The molecule has 0 aliphatic heterocycles. The van der Waals surface area contributed by atoms with Gasteiger partial charge in [-0.05, 0) is 56.1 Å². The molecule has 0 radical (unpaired) electrons. The molecular formula is C40H57F2N5O7. The second kappa shape index (κ2) is 20.1. The van der Waals surface area contributed by atoms with E-state index in [0.717, 1.165) is 0 Å². The van der Waals surface area contributed by atoms with Gasteiger partial charge in [-0.3, -0.25) is 24.0 Å². The van der Waals surface area contributed by atoms with Gasteiger partial charge >= 0.3 is 12.0 Å². The van der Waals surface area contributed by atoms with Crippen LogP contribution in [0.15, 0.2) is 60.7 Å². The second-order valence-electron chi connectivity index (χ2n) is 15.6. The number of ketones is 2. The molecule has 0 heterocycles. The van der Waals surface area contributed by atoms with E-state index in [-0.39, 0.29) is 19.4 Å². The van der Waals surface area contributed by atoms with E-state index in [9.17, 15) is 28.8 Å². The number of carbonyl (C=O) groups is 6. The van der Waals surface area contributed by atoms with Crippen LogP contribution in [0.4, 0.5) is 13.6 Å². The first kappa shape index (κ1) is 45.4. The monoisotopic (exact) mass is 757 g/mol. The topological polar surface area (TPSA) is 186 Å². The Hall–Kier alpha value is -4.72. The lowest BCUT2D eigenvalue weighted by atomic mass is 9.82. The molecule has 2 rings (SSSR count). The molecule has 0 fully saturated rings. The fraction of sp³-hybridized carbons (Fsp3) is 0.550. The van der Waals surface area contributed by atoms with Gasteiger partial charge in [0.25, 0.3) is 0 Å². The Kier molecular flexibility index (Phi) is 16.9. The molecule has 0 aromatic heterocycles. The zero-order valence-corrected chi connectivity index (χ0v) is 32.7. The van der Waals surface area contributed by atoms with Gasteiger partial charge in [-0.1, -0.05) is 102 Å². The molecule has 12 nitrogen and oxygen atoms in total. The highest BCUT2D eigenvalue weighted by atomic mass is 19.3. The van der Waals surface area contributed by atoms with Crippen LogP contribution in [0, 0.1) is 23.7 Å². The summed E-state index contributed by atoms with van der Waals surface area (Å²) in [6, 6.07) is 9.89. The number of hydrogen-bond donors (Lipinski definition) is 5. The Morgan fingerprint density at radius 2 is 1.24 bits per heavy atom. The molecule has 0 bridgehead atoms. The van der Waals surface area contributed by atoms with Gasteiger partial charge in [0, 0.05) is 13.0 Å². The summed E-state index contributed by atoms with van der Waals surface area (Å²) in [5.74, 6) is -14.4. The summed E-state index contributed by atoms with van der Waals surface area (Å²) < 4.78 is 38.9. The molecule has 0 aliphatic rings. The van der Waals surface area contributed by atoms with Crippen molar-refractivity contribution in [3.05, 3.63) is 71.8 Å². The van der Waals surface area contributed by atoms with Crippen molar-refractivity contribution in [2.24, 2.45) is 29.4 Å². The highest BCUT2D eigenvalue weighted by molar-refractivity contribution is 6.09. The summed E-state index contributed by atoms with van der Waals surface area (Å²) in [4.78, 5) is 81.4. The lowest BCUT2D eigenvalue weighted by Gasteiger charge is -2.33. The quantitative estimate of drug-likeness (QED) is 0.130. The summed E-state index contributed by atoms with van der Waals surface area (Å²) in [5.41, 5.74) is 6.35. The Morgan fingerprint density at radius 1 is 0.704 bits per heavy atom. The Balaban J connectivity index is 2.55. The zero-order valence-electron chi connectivity index (χ0n) is 32.7. The number of hydrogen-bond acceptors (Lipinski definition) is 8. The van der Waals surface area contributed by atoms with E-state index in [1.807, 2.05) is 5.32 Å². The van der Waals surface area contributed by atoms with Crippen LogP contribution < -0.4 is 27.0 Å². The highest BCUT2D eigenvalue weighted by Crippen LogP contribution is 2.29. The number of alkyl halides is 2. The van der Waals surface area contributed by atoms with Crippen molar-refractivity contribution in [1.82, 2.24) is 21.3 Å². The van der Waals surface area contributed by atoms with E-state index < -0.39 is 94.7 Å². The van der Waals surface area contributed by atoms with Gasteiger partial charge in [0.15, 0.2) is 11.8 Å². The average Bonchev–Trinajstić information content (AvgIpc) is 3.07. The maximum absolute atomic E-state index is 16.8. The maximum Gasteiger partial charge on any atom is 0.408 e. The number of nitrogens with two attached hydrogens (primary N) is 1. The normalized spacial score (nSPS) is 14.7. The van der Waals surface area contributed by atoms with Crippen molar-refractivity contribution in [1.29, 1.82) is 0 Å². The van der Waals surface area contributed by atoms with E-state index in [2.05, 4.69) is 16.0 Å². The molecule has 54 heavy (non-hydrogen) atoms. The van der Waals surface area contributed by atoms with Crippen LogP contribution in [0.3, 0.4) is 0 Å². The highest BCUT2D eigenvalue weighted by Gasteiger charge is 2.56. The lowest BCUT2D eigenvalue weighted by molar-refractivity contribution is -0.160. The van der Waals surface area contributed by atoms with Crippen molar-refractivity contribution in [2.75, 3.05) is 0 Å². The van der Waals surface area contributed by atoms with Crippen molar-refractivity contribution < 1.29 is 42.3 Å². The maximum atomic E-state index is 16.8. The van der Waals surface area contributed by atoms with Gasteiger partial charge < -0.3 is 31.7 Å². The third kappa shape index (κ3) is 13.9. The summed E-state index contributed by atoms with van der Waals surface area (Å²) >= 11 is 0. The Labute approximate surface area is 317 Å². The largest absolute Gasteiger partial charge is 0.444 e. The fourth-order valence-corrected chi connectivity index (χ4v) is 5.58. The van der Waals surface area contributed by atoms with E-state index in [0.29, 0.717) is 11.1 Å². The molecule has 298 valence electrons. The van der Waals surface area contributed by atoms with Gasteiger partial charge in [-0.25, -0.2) is 4.79 Å². The average molecular weight is 758 g/mol. The zero-order chi connectivity index (χ0) is 41.0. The fourth-order valence-electron chi connectivity index (χ4n) is 5.58. The summed E-state index contributed by atoms with van der Waals surface area (Å²) in [5, 5.41) is 9.44. The number of alkyl carbamates (subject to hydrolysis) is 1. The SMILES string of the molecule is CC(C)CC(NC(=O)[C@H](Cc1ccccc1)NC(=O)OC(C)(C)C)C(=O)C(F)(F)C(NC(=O)[C@@H](N)C(C)C)C(=O)C(C(=O)NCc1ccccc1)C(C)C. The standard InChI is InChI=1S/C40H57F2N5O7/c1-23(2)20-28(45-35(50)29(21-26-16-12-10-13-17-26)46-38(53)54-39(7,8)9)34(49)40(41,42)33(47-37(52)31(43)25(5)6)32(48)30(24(3)4)36(51)44-22-27-18-14-11-15-19-27/h10-19,23-25,28-31,33H,20-22,43H2,1-9H3,(H,44,51)(H,45,50)(H,46,53)(H,47,52)/t28?,29-,30?,31-,33?/m0/s1. The molecular weight excluding hydrogens is 700 g/mol. The molecule has 5 atom stereocenters. The van der Waals surface area contributed by atoms with Crippen molar-refractivity contribution in [3.8, 4) is 0 Å². The number of rotatable bonds is 19. The number of Topliss-reactive ketones (excluding diaryl/α,β-unsaturated/α-hetero) is 2. The minimum absolute atomic E-state index is 0.00921. The molecule has 6 N–H and O–H groups in total. The number of carbonyl (C=O) groups excluding carboxylic acids is 6.